The molecule has 0 spiro atoms. The van der Waals surface area contributed by atoms with E-state index in [0.29, 0.717) is 6.42 Å². The Labute approximate surface area is 131 Å². The Kier molecular flexibility index (Phi) is 7.32. The average molecular weight is 304 g/mol. The van der Waals surface area contributed by atoms with Crippen molar-refractivity contribution in [3.8, 4) is 0 Å². The molecule has 2 amide bonds. The molecule has 1 rings (SSSR count). The summed E-state index contributed by atoms with van der Waals surface area (Å²) in [6.07, 6.45) is 3.13. The van der Waals surface area contributed by atoms with Crippen LogP contribution >= 0.6 is 0 Å². The fourth-order valence-corrected chi connectivity index (χ4v) is 1.97. The number of amides is 2. The molecule has 0 bridgehead atoms. The van der Waals surface area contributed by atoms with Gasteiger partial charge in [0.15, 0.2) is 0 Å². The molecule has 0 aliphatic rings. The van der Waals surface area contributed by atoms with Crippen LogP contribution in [-0.4, -0.2) is 29.1 Å². The van der Waals surface area contributed by atoms with Crippen LogP contribution in [0.5, 0.6) is 0 Å². The van der Waals surface area contributed by atoms with Gasteiger partial charge < -0.3 is 16.2 Å². The highest BCUT2D eigenvalue weighted by atomic mass is 16.3. The number of carbonyl (C=O) groups is 2. The third kappa shape index (κ3) is 6.54. The number of rotatable bonds is 8. The molecule has 5 heteroatoms. The van der Waals surface area contributed by atoms with Crippen LogP contribution in [0.25, 0.3) is 6.08 Å². The maximum Gasteiger partial charge on any atom is 0.249 e. The SMILES string of the molecule is CC(C)C[C@H](O)C(=O)N[C@H](C/C=C/c1ccccc1)C(N)=O. The third-order valence-electron chi connectivity index (χ3n) is 3.14. The van der Waals surface area contributed by atoms with Crippen LogP contribution in [-0.2, 0) is 9.59 Å². The summed E-state index contributed by atoms with van der Waals surface area (Å²) in [5.41, 5.74) is 6.29. The molecule has 22 heavy (non-hydrogen) atoms. The van der Waals surface area contributed by atoms with Gasteiger partial charge in [0.1, 0.15) is 12.1 Å². The third-order valence-corrected chi connectivity index (χ3v) is 3.14. The second-order valence-corrected chi connectivity index (χ2v) is 5.66. The van der Waals surface area contributed by atoms with Crippen LogP contribution in [0.1, 0.15) is 32.3 Å². The van der Waals surface area contributed by atoms with Crippen LogP contribution in [0.15, 0.2) is 36.4 Å². The summed E-state index contributed by atoms with van der Waals surface area (Å²) in [5, 5.41) is 12.2. The van der Waals surface area contributed by atoms with Gasteiger partial charge in [-0.3, -0.25) is 9.59 Å². The molecule has 0 radical (unpaired) electrons. The van der Waals surface area contributed by atoms with Crippen LogP contribution in [0.2, 0.25) is 0 Å². The number of carbonyl (C=O) groups excluding carboxylic acids is 2. The van der Waals surface area contributed by atoms with Gasteiger partial charge >= 0.3 is 0 Å². The van der Waals surface area contributed by atoms with Crippen molar-refractivity contribution in [2.45, 2.75) is 38.8 Å². The lowest BCUT2D eigenvalue weighted by Crippen LogP contribution is -2.48. The van der Waals surface area contributed by atoms with Gasteiger partial charge in [-0.15, -0.1) is 0 Å². The summed E-state index contributed by atoms with van der Waals surface area (Å²) in [6, 6.07) is 8.78. The van der Waals surface area contributed by atoms with Crippen LogP contribution in [0.3, 0.4) is 0 Å². The molecule has 0 aliphatic carbocycles. The van der Waals surface area contributed by atoms with Gasteiger partial charge in [0.05, 0.1) is 0 Å². The quantitative estimate of drug-likeness (QED) is 0.679. The molecule has 2 atom stereocenters. The van der Waals surface area contributed by atoms with E-state index in [1.165, 1.54) is 0 Å². The van der Waals surface area contributed by atoms with E-state index < -0.39 is 24.0 Å². The van der Waals surface area contributed by atoms with Crippen molar-refractivity contribution in [3.05, 3.63) is 42.0 Å². The van der Waals surface area contributed by atoms with Crippen molar-refractivity contribution in [2.75, 3.05) is 0 Å². The predicted octanol–water partition coefficient (Wildman–Crippen LogP) is 1.47. The molecule has 0 aliphatic heterocycles. The van der Waals surface area contributed by atoms with Crippen molar-refractivity contribution >= 4 is 17.9 Å². The lowest BCUT2D eigenvalue weighted by Gasteiger charge is -2.17. The lowest BCUT2D eigenvalue weighted by molar-refractivity contribution is -0.133. The first-order chi connectivity index (χ1) is 10.4. The van der Waals surface area contributed by atoms with Crippen LogP contribution < -0.4 is 11.1 Å². The number of hydrogen-bond acceptors (Lipinski definition) is 3. The number of aliphatic hydroxyl groups is 1. The fraction of sp³-hybridized carbons (Fsp3) is 0.412. The molecule has 1 aromatic rings. The number of nitrogens with two attached hydrogens (primary N) is 1. The van der Waals surface area contributed by atoms with E-state index in [-0.39, 0.29) is 12.3 Å². The largest absolute Gasteiger partial charge is 0.383 e. The Morgan fingerprint density at radius 2 is 1.91 bits per heavy atom. The highest BCUT2D eigenvalue weighted by molar-refractivity contribution is 5.88. The summed E-state index contributed by atoms with van der Waals surface area (Å²) in [4.78, 5) is 23.2. The first kappa shape index (κ1) is 17.9. The fourth-order valence-electron chi connectivity index (χ4n) is 1.97. The summed E-state index contributed by atoms with van der Waals surface area (Å²) in [6.45, 7) is 3.81. The Hall–Kier alpha value is -2.14. The Morgan fingerprint density at radius 3 is 2.45 bits per heavy atom. The van der Waals surface area contributed by atoms with Crippen molar-refractivity contribution in [1.82, 2.24) is 5.32 Å². The van der Waals surface area contributed by atoms with E-state index in [4.69, 9.17) is 5.73 Å². The average Bonchev–Trinajstić information content (AvgIpc) is 2.46. The Balaban J connectivity index is 2.57. The molecule has 0 heterocycles. The number of aliphatic hydroxyl groups excluding tert-OH is 1. The molecule has 0 saturated heterocycles. The van der Waals surface area contributed by atoms with Gasteiger partial charge in [-0.05, 0) is 24.3 Å². The van der Waals surface area contributed by atoms with E-state index >= 15 is 0 Å². The molecular formula is C17H24N2O3. The molecule has 120 valence electrons. The molecule has 4 N–H and O–H groups in total. The van der Waals surface area contributed by atoms with E-state index in [0.717, 1.165) is 5.56 Å². The lowest BCUT2D eigenvalue weighted by atomic mass is 10.0. The maximum absolute atomic E-state index is 11.8. The van der Waals surface area contributed by atoms with Crippen molar-refractivity contribution in [2.24, 2.45) is 11.7 Å². The predicted molar refractivity (Wildman–Crippen MR) is 86.7 cm³/mol. The monoisotopic (exact) mass is 304 g/mol. The van der Waals surface area contributed by atoms with Crippen molar-refractivity contribution in [3.63, 3.8) is 0 Å². The number of benzene rings is 1. The van der Waals surface area contributed by atoms with E-state index in [1.54, 1.807) is 6.08 Å². The van der Waals surface area contributed by atoms with Gasteiger partial charge in [-0.2, -0.15) is 0 Å². The Morgan fingerprint density at radius 1 is 1.27 bits per heavy atom. The second kappa shape index (κ2) is 9.00. The van der Waals surface area contributed by atoms with Gasteiger partial charge in [0.25, 0.3) is 0 Å². The summed E-state index contributed by atoms with van der Waals surface area (Å²) in [5.74, 6) is -1.00. The highest BCUT2D eigenvalue weighted by Crippen LogP contribution is 2.06. The van der Waals surface area contributed by atoms with Gasteiger partial charge in [-0.25, -0.2) is 0 Å². The topological polar surface area (TPSA) is 92.4 Å². The molecule has 0 aromatic heterocycles. The zero-order chi connectivity index (χ0) is 16.5. The van der Waals surface area contributed by atoms with Gasteiger partial charge in [0.2, 0.25) is 11.8 Å². The first-order valence-electron chi connectivity index (χ1n) is 7.39. The minimum atomic E-state index is -1.13. The smallest absolute Gasteiger partial charge is 0.249 e. The summed E-state index contributed by atoms with van der Waals surface area (Å²) in [7, 11) is 0. The molecule has 0 saturated carbocycles. The summed E-state index contributed by atoms with van der Waals surface area (Å²) < 4.78 is 0. The molecule has 5 nitrogen and oxygen atoms in total. The molecule has 0 fully saturated rings. The van der Waals surface area contributed by atoms with Gasteiger partial charge in [-0.1, -0.05) is 56.3 Å². The molecule has 0 unspecified atom stereocenters. The van der Waals surface area contributed by atoms with E-state index in [1.807, 2.05) is 50.3 Å². The molecule has 1 aromatic carbocycles. The number of nitrogens with one attached hydrogen (secondary N) is 1. The van der Waals surface area contributed by atoms with Crippen LogP contribution in [0.4, 0.5) is 0 Å². The minimum Gasteiger partial charge on any atom is -0.383 e. The highest BCUT2D eigenvalue weighted by Gasteiger charge is 2.22. The number of hydrogen-bond donors (Lipinski definition) is 3. The summed E-state index contributed by atoms with van der Waals surface area (Å²) >= 11 is 0. The maximum atomic E-state index is 11.8. The second-order valence-electron chi connectivity index (χ2n) is 5.66. The van der Waals surface area contributed by atoms with E-state index in [9.17, 15) is 14.7 Å². The molecular weight excluding hydrogens is 280 g/mol. The van der Waals surface area contributed by atoms with Gasteiger partial charge in [0, 0.05) is 0 Å². The minimum absolute atomic E-state index is 0.186. The first-order valence-corrected chi connectivity index (χ1v) is 7.39. The normalized spacial score (nSPS) is 14.0. The van der Waals surface area contributed by atoms with E-state index in [2.05, 4.69) is 5.32 Å². The van der Waals surface area contributed by atoms with Crippen LogP contribution in [0, 0.1) is 5.92 Å². The van der Waals surface area contributed by atoms with Crippen molar-refractivity contribution in [1.29, 1.82) is 0 Å². The van der Waals surface area contributed by atoms with Crippen molar-refractivity contribution < 1.29 is 14.7 Å². The number of primary amides is 1. The zero-order valence-electron chi connectivity index (χ0n) is 13.0. The zero-order valence-corrected chi connectivity index (χ0v) is 13.0. The Bertz CT molecular complexity index is 512. The standard InChI is InChI=1S/C17H24N2O3/c1-12(2)11-15(20)17(22)19-14(16(18)21)10-6-9-13-7-4-3-5-8-13/h3-9,12,14-15,20H,10-11H2,1-2H3,(H2,18,21)(H,19,22)/b9-6+/t14-,15+/m1/s1.